The highest BCUT2D eigenvalue weighted by Gasteiger charge is 2.33. The minimum atomic E-state index is -0.650. The zero-order valence-corrected chi connectivity index (χ0v) is 25.4. The molecule has 0 radical (unpaired) electrons. The van der Waals surface area contributed by atoms with Gasteiger partial charge in [0, 0.05) is 0 Å². The van der Waals surface area contributed by atoms with Crippen molar-refractivity contribution in [3.8, 4) is 5.75 Å². The number of nitrogens with zero attached hydrogens (tertiary/aromatic N) is 2. The summed E-state index contributed by atoms with van der Waals surface area (Å²) in [5.74, 6) is -0.451. The number of methoxy groups -OCH3 is 1. The second kappa shape index (κ2) is 12.4. The van der Waals surface area contributed by atoms with Gasteiger partial charge in [0.15, 0.2) is 11.4 Å². The molecule has 1 aromatic heterocycles. The number of aromatic nitrogens is 1. The highest BCUT2D eigenvalue weighted by molar-refractivity contribution is 14.1. The topological polar surface area (TPSA) is 96.2 Å². The molecule has 0 bridgehead atoms. The van der Waals surface area contributed by atoms with Crippen molar-refractivity contribution in [1.29, 1.82) is 0 Å². The van der Waals surface area contributed by atoms with Crippen LogP contribution in [-0.4, -0.2) is 36.8 Å². The van der Waals surface area contributed by atoms with Gasteiger partial charge in [0.25, 0.3) is 5.56 Å². The molecule has 0 saturated carbocycles. The fourth-order valence-corrected chi connectivity index (χ4v) is 6.89. The first-order valence-corrected chi connectivity index (χ1v) is 14.4. The number of rotatable bonds is 8. The number of benzene rings is 2. The van der Waals surface area contributed by atoms with E-state index in [1.54, 1.807) is 17.6 Å². The molecule has 0 N–H and O–H groups in total. The van der Waals surface area contributed by atoms with Crippen molar-refractivity contribution in [3.63, 3.8) is 0 Å². The molecular weight excluding hydrogens is 687 g/mol. The van der Waals surface area contributed by atoms with Crippen LogP contribution in [0.2, 0.25) is 0 Å². The highest BCUT2D eigenvalue weighted by Crippen LogP contribution is 2.33. The molecule has 2 aromatic carbocycles. The molecule has 2 heterocycles. The minimum absolute atomic E-state index is 0.206. The lowest BCUT2D eigenvalue weighted by Gasteiger charge is -2.25. The molecule has 4 rings (SSSR count). The molecule has 198 valence electrons. The van der Waals surface area contributed by atoms with Crippen LogP contribution in [0, 0.1) is 3.57 Å². The van der Waals surface area contributed by atoms with E-state index in [1.807, 2.05) is 49.4 Å². The van der Waals surface area contributed by atoms with Crippen molar-refractivity contribution in [1.82, 2.24) is 4.57 Å². The largest absolute Gasteiger partial charge is 0.480 e. The van der Waals surface area contributed by atoms with E-state index < -0.39 is 18.0 Å². The Labute approximate surface area is 244 Å². The first kappa shape index (κ1) is 28.2. The van der Waals surface area contributed by atoms with E-state index in [-0.39, 0.29) is 18.8 Å². The monoisotopic (exact) mass is 710 g/mol. The molecule has 11 heteroatoms. The standard InChI is InChI=1S/C27H24BrIN2O6S/c1-4-19-22(26(34)35-3)23(16-9-7-6-8-10-16)31-25(33)20(38-27(31)30-19)13-15-11-17(28)24(18(29)12-15)37-14-21(32)36-5-2/h6-13,23H,4-5,14H2,1-3H3/b20-13-/t23-/m1/s1. The van der Waals surface area contributed by atoms with Crippen LogP contribution in [0.1, 0.15) is 37.4 Å². The predicted octanol–water partition coefficient (Wildman–Crippen LogP) is 4.11. The molecule has 0 fully saturated rings. The van der Waals surface area contributed by atoms with E-state index in [4.69, 9.17) is 14.2 Å². The van der Waals surface area contributed by atoms with Crippen LogP contribution >= 0.6 is 49.9 Å². The smallest absolute Gasteiger partial charge is 0.344 e. The van der Waals surface area contributed by atoms with Crippen molar-refractivity contribution in [3.05, 3.63) is 92.6 Å². The fraction of sp³-hybridized carbons (Fsp3) is 0.259. The van der Waals surface area contributed by atoms with Crippen molar-refractivity contribution in [2.24, 2.45) is 4.99 Å². The summed E-state index contributed by atoms with van der Waals surface area (Å²) >= 11 is 6.89. The maximum Gasteiger partial charge on any atom is 0.344 e. The molecule has 0 amide bonds. The van der Waals surface area contributed by atoms with Crippen LogP contribution in [0.25, 0.3) is 6.08 Å². The Morgan fingerprint density at radius 2 is 1.95 bits per heavy atom. The Bertz CT molecular complexity index is 1570. The number of thiazole rings is 1. The van der Waals surface area contributed by atoms with E-state index in [9.17, 15) is 14.4 Å². The van der Waals surface area contributed by atoms with Crippen molar-refractivity contribution >= 4 is 67.9 Å². The summed E-state index contributed by atoms with van der Waals surface area (Å²) in [6.07, 6.45) is 2.29. The minimum Gasteiger partial charge on any atom is -0.480 e. The van der Waals surface area contributed by atoms with E-state index in [2.05, 4.69) is 43.5 Å². The summed E-state index contributed by atoms with van der Waals surface area (Å²) in [7, 11) is 1.33. The van der Waals surface area contributed by atoms with Crippen molar-refractivity contribution < 1.29 is 23.8 Å². The lowest BCUT2D eigenvalue weighted by atomic mass is 9.95. The summed E-state index contributed by atoms with van der Waals surface area (Å²) in [4.78, 5) is 43.5. The summed E-state index contributed by atoms with van der Waals surface area (Å²) in [5, 5.41) is 0. The van der Waals surface area contributed by atoms with Gasteiger partial charge in [-0.25, -0.2) is 14.6 Å². The predicted molar refractivity (Wildman–Crippen MR) is 156 cm³/mol. The van der Waals surface area contributed by atoms with Gasteiger partial charge in [0.05, 0.1) is 43.6 Å². The Morgan fingerprint density at radius 3 is 2.58 bits per heavy atom. The van der Waals surface area contributed by atoms with Crippen LogP contribution in [0.3, 0.4) is 0 Å². The average Bonchev–Trinajstić information content (AvgIpc) is 3.21. The number of allylic oxidation sites excluding steroid dienone is 1. The Balaban J connectivity index is 1.81. The molecular formula is C27H24BrIN2O6S. The van der Waals surface area contributed by atoms with Crippen molar-refractivity contribution in [2.75, 3.05) is 20.3 Å². The maximum absolute atomic E-state index is 13.7. The average molecular weight is 711 g/mol. The normalized spacial score (nSPS) is 15.1. The molecule has 1 aliphatic heterocycles. The second-order valence-electron chi connectivity index (χ2n) is 8.11. The molecule has 0 spiro atoms. The van der Waals surface area contributed by atoms with Gasteiger partial charge in [-0.15, -0.1) is 0 Å². The van der Waals surface area contributed by atoms with Gasteiger partial charge in [-0.3, -0.25) is 9.36 Å². The molecule has 1 aliphatic rings. The van der Waals surface area contributed by atoms with Gasteiger partial charge >= 0.3 is 11.9 Å². The SMILES string of the molecule is CCOC(=O)COc1c(Br)cc(/C=c2\sc3n(c2=O)[C@H](c2ccccc2)C(C(=O)OC)=C(CC)N=3)cc1I. The van der Waals surface area contributed by atoms with Gasteiger partial charge in [-0.1, -0.05) is 48.6 Å². The highest BCUT2D eigenvalue weighted by atomic mass is 127. The van der Waals surface area contributed by atoms with Gasteiger partial charge < -0.3 is 14.2 Å². The zero-order chi connectivity index (χ0) is 27.4. The van der Waals surface area contributed by atoms with Gasteiger partial charge in [-0.05, 0) is 81.2 Å². The first-order valence-electron chi connectivity index (χ1n) is 11.7. The number of carbonyl (C=O) groups excluding carboxylic acids is 2. The van der Waals surface area contributed by atoms with Crippen LogP contribution < -0.4 is 19.6 Å². The third-order valence-corrected chi connectivity index (χ3v) is 8.10. The van der Waals surface area contributed by atoms with Crippen LogP contribution in [0.15, 0.2) is 68.0 Å². The van der Waals surface area contributed by atoms with Gasteiger partial charge in [-0.2, -0.15) is 0 Å². The summed E-state index contributed by atoms with van der Waals surface area (Å²) in [6.45, 7) is 3.73. The maximum atomic E-state index is 13.7. The van der Waals surface area contributed by atoms with Crippen LogP contribution in [0.4, 0.5) is 0 Å². The van der Waals surface area contributed by atoms with E-state index in [1.165, 1.54) is 18.4 Å². The molecule has 38 heavy (non-hydrogen) atoms. The first-order chi connectivity index (χ1) is 18.3. The lowest BCUT2D eigenvalue weighted by molar-refractivity contribution is -0.145. The molecule has 0 saturated heterocycles. The van der Waals surface area contributed by atoms with E-state index >= 15 is 0 Å². The van der Waals surface area contributed by atoms with Gasteiger partial charge in [0.1, 0.15) is 5.75 Å². The fourth-order valence-electron chi connectivity index (χ4n) is 4.10. The number of carbonyl (C=O) groups is 2. The number of fused-ring (bicyclic) bond motifs is 1. The number of esters is 2. The molecule has 1 atom stereocenters. The summed E-state index contributed by atoms with van der Waals surface area (Å²) < 4.78 is 19.1. The van der Waals surface area contributed by atoms with Crippen LogP contribution in [0.5, 0.6) is 5.75 Å². The van der Waals surface area contributed by atoms with Gasteiger partial charge in [0.2, 0.25) is 0 Å². The van der Waals surface area contributed by atoms with Crippen molar-refractivity contribution in [2.45, 2.75) is 26.3 Å². The molecule has 3 aromatic rings. The second-order valence-corrected chi connectivity index (χ2v) is 11.1. The summed E-state index contributed by atoms with van der Waals surface area (Å²) in [5.41, 5.74) is 2.25. The lowest BCUT2D eigenvalue weighted by Crippen LogP contribution is -2.40. The Hall–Kier alpha value is -2.77. The van der Waals surface area contributed by atoms with E-state index in [0.717, 1.165) is 14.7 Å². The Morgan fingerprint density at radius 1 is 1.21 bits per heavy atom. The van der Waals surface area contributed by atoms with Crippen LogP contribution in [-0.2, 0) is 19.1 Å². The number of halogens is 2. The third kappa shape index (κ3) is 5.79. The number of hydrogen-bond donors (Lipinski definition) is 0. The number of hydrogen-bond acceptors (Lipinski definition) is 8. The van der Waals surface area contributed by atoms with E-state index in [0.29, 0.717) is 37.2 Å². The molecule has 0 unspecified atom stereocenters. The number of ether oxygens (including phenoxy) is 3. The molecule has 8 nitrogen and oxygen atoms in total. The third-order valence-electron chi connectivity index (χ3n) is 5.72. The molecule has 0 aliphatic carbocycles. The quantitative estimate of drug-likeness (QED) is 0.258. The zero-order valence-electron chi connectivity index (χ0n) is 20.8. The Kier molecular flexibility index (Phi) is 9.21. The summed E-state index contributed by atoms with van der Waals surface area (Å²) in [6, 6.07) is 12.4.